The summed E-state index contributed by atoms with van der Waals surface area (Å²) in [5.41, 5.74) is 0.664. The number of phenolic OH excluding ortho intramolecular Hbond substituents is 1. The van der Waals surface area contributed by atoms with E-state index < -0.39 is 0 Å². The van der Waals surface area contributed by atoms with Crippen LogP contribution in [0.4, 0.5) is 4.79 Å². The highest BCUT2D eigenvalue weighted by atomic mass is 35.5. The van der Waals surface area contributed by atoms with E-state index in [0.29, 0.717) is 17.0 Å². The van der Waals surface area contributed by atoms with Crippen molar-refractivity contribution in [1.82, 2.24) is 4.90 Å². The summed E-state index contributed by atoms with van der Waals surface area (Å²) < 4.78 is 5.70. The zero-order valence-electron chi connectivity index (χ0n) is 13.6. The summed E-state index contributed by atoms with van der Waals surface area (Å²) in [6.45, 7) is 0. The Kier molecular flexibility index (Phi) is 4.86. The zero-order valence-corrected chi connectivity index (χ0v) is 14.4. The first-order valence-corrected chi connectivity index (χ1v) is 8.69. The molecule has 0 bridgehead atoms. The minimum atomic E-state index is -0.385. The molecule has 0 spiro atoms. The quantitative estimate of drug-likeness (QED) is 0.885. The van der Waals surface area contributed by atoms with Gasteiger partial charge >= 0.3 is 6.09 Å². The fourth-order valence-electron chi connectivity index (χ4n) is 4.18. The van der Waals surface area contributed by atoms with Gasteiger partial charge in [0.15, 0.2) is 0 Å². The highest BCUT2D eigenvalue weighted by Gasteiger charge is 2.48. The van der Waals surface area contributed by atoms with Crippen LogP contribution in [0.15, 0.2) is 18.2 Å². The minimum absolute atomic E-state index is 0.0921. The first-order chi connectivity index (χ1) is 11.5. The number of hydrogen-bond acceptors (Lipinski definition) is 4. The normalized spacial score (nSPS) is 29.5. The molecule has 1 aromatic rings. The van der Waals surface area contributed by atoms with Crippen LogP contribution < -0.4 is 0 Å². The molecule has 1 saturated heterocycles. The van der Waals surface area contributed by atoms with E-state index in [2.05, 4.69) is 6.07 Å². The van der Waals surface area contributed by atoms with E-state index in [1.165, 1.54) is 0 Å². The van der Waals surface area contributed by atoms with Gasteiger partial charge in [0.05, 0.1) is 12.1 Å². The Balaban J connectivity index is 1.96. The molecule has 1 aliphatic heterocycles. The lowest BCUT2D eigenvalue weighted by atomic mass is 9.71. The fourth-order valence-corrected chi connectivity index (χ4v) is 4.36. The van der Waals surface area contributed by atoms with Crippen molar-refractivity contribution in [3.63, 3.8) is 0 Å². The Morgan fingerprint density at radius 2 is 2.25 bits per heavy atom. The lowest BCUT2D eigenvalue weighted by molar-refractivity contribution is -0.0829. The molecule has 24 heavy (non-hydrogen) atoms. The Morgan fingerprint density at radius 3 is 3.00 bits per heavy atom. The summed E-state index contributed by atoms with van der Waals surface area (Å²) in [7, 11) is 1.70. The van der Waals surface area contributed by atoms with Crippen molar-refractivity contribution in [1.29, 1.82) is 5.26 Å². The van der Waals surface area contributed by atoms with Crippen molar-refractivity contribution in [3.8, 4) is 11.8 Å². The fraction of sp³-hybridized carbons (Fsp3) is 0.556. The number of aromatic hydroxyl groups is 1. The van der Waals surface area contributed by atoms with Crippen LogP contribution in [0.3, 0.4) is 0 Å². The second-order valence-corrected chi connectivity index (χ2v) is 7.10. The van der Waals surface area contributed by atoms with Crippen LogP contribution in [0.2, 0.25) is 5.02 Å². The third kappa shape index (κ3) is 3.03. The van der Waals surface area contributed by atoms with E-state index in [1.807, 2.05) is 0 Å². The molecule has 6 heteroatoms. The molecular formula is C18H21ClN2O3. The number of hydrogen-bond donors (Lipinski definition) is 1. The number of nitrogens with zero attached hydrogens (tertiary/aromatic N) is 2. The number of ether oxygens (including phenoxy) is 1. The van der Waals surface area contributed by atoms with Gasteiger partial charge in [-0.15, -0.1) is 0 Å². The van der Waals surface area contributed by atoms with E-state index in [0.717, 1.165) is 25.7 Å². The Hall–Kier alpha value is -1.93. The number of carbonyl (C=O) groups excluding carboxylic acids is 1. The number of carbonyl (C=O) groups is 1. The van der Waals surface area contributed by atoms with Crippen LogP contribution in [0.1, 0.15) is 43.7 Å². The van der Waals surface area contributed by atoms with Gasteiger partial charge in [-0.2, -0.15) is 5.26 Å². The molecule has 128 valence electrons. The topological polar surface area (TPSA) is 73.6 Å². The van der Waals surface area contributed by atoms with Gasteiger partial charge in [-0.1, -0.05) is 18.0 Å². The van der Waals surface area contributed by atoms with Gasteiger partial charge in [0, 0.05) is 30.0 Å². The number of benzene rings is 1. The van der Waals surface area contributed by atoms with Gasteiger partial charge in [-0.3, -0.25) is 0 Å². The predicted octanol–water partition coefficient (Wildman–Crippen LogP) is 4.26. The van der Waals surface area contributed by atoms with Crippen molar-refractivity contribution in [3.05, 3.63) is 28.8 Å². The summed E-state index contributed by atoms with van der Waals surface area (Å²) in [4.78, 5) is 13.9. The molecule has 1 aromatic carbocycles. The number of fused-ring (bicyclic) bond motifs is 1. The molecule has 4 unspecified atom stereocenters. The lowest BCUT2D eigenvalue weighted by Crippen LogP contribution is -2.52. The molecule has 2 aliphatic rings. The van der Waals surface area contributed by atoms with Crippen molar-refractivity contribution in [2.75, 3.05) is 7.05 Å². The van der Waals surface area contributed by atoms with Gasteiger partial charge in [-0.05, 0) is 43.4 Å². The van der Waals surface area contributed by atoms with E-state index in [1.54, 1.807) is 30.1 Å². The van der Waals surface area contributed by atoms with Crippen molar-refractivity contribution >= 4 is 17.7 Å². The van der Waals surface area contributed by atoms with Crippen LogP contribution in [-0.4, -0.2) is 29.3 Å². The molecule has 1 aliphatic carbocycles. The summed E-state index contributed by atoms with van der Waals surface area (Å²) in [6.07, 6.45) is 3.53. The Morgan fingerprint density at radius 1 is 1.46 bits per heavy atom. The van der Waals surface area contributed by atoms with Gasteiger partial charge < -0.3 is 14.7 Å². The molecule has 0 radical (unpaired) electrons. The monoisotopic (exact) mass is 348 g/mol. The third-order valence-electron chi connectivity index (χ3n) is 5.28. The van der Waals surface area contributed by atoms with Gasteiger partial charge in [0.2, 0.25) is 0 Å². The molecule has 1 saturated carbocycles. The summed E-state index contributed by atoms with van der Waals surface area (Å²) in [6, 6.07) is 6.85. The average molecular weight is 349 g/mol. The predicted molar refractivity (Wildman–Crippen MR) is 89.6 cm³/mol. The largest absolute Gasteiger partial charge is 0.508 e. The maximum atomic E-state index is 12.4. The molecule has 1 heterocycles. The smallest absolute Gasteiger partial charge is 0.410 e. The molecule has 4 atom stereocenters. The highest BCUT2D eigenvalue weighted by molar-refractivity contribution is 6.30. The van der Waals surface area contributed by atoms with Crippen LogP contribution in [0, 0.1) is 23.2 Å². The number of rotatable bonds is 3. The Bertz CT molecular complexity index is 673. The molecule has 2 fully saturated rings. The average Bonchev–Trinajstić information content (AvgIpc) is 2.57. The lowest BCUT2D eigenvalue weighted by Gasteiger charge is -2.48. The zero-order chi connectivity index (χ0) is 17.3. The first kappa shape index (κ1) is 16.9. The van der Waals surface area contributed by atoms with Crippen LogP contribution in [0.25, 0.3) is 0 Å². The van der Waals surface area contributed by atoms with Crippen LogP contribution >= 0.6 is 11.6 Å². The van der Waals surface area contributed by atoms with E-state index in [4.69, 9.17) is 21.6 Å². The van der Waals surface area contributed by atoms with E-state index in [9.17, 15) is 9.90 Å². The summed E-state index contributed by atoms with van der Waals surface area (Å²) in [5.74, 6) is 0.434. The number of nitriles is 1. The number of amides is 1. The van der Waals surface area contributed by atoms with Gasteiger partial charge in [0.25, 0.3) is 0 Å². The van der Waals surface area contributed by atoms with E-state index in [-0.39, 0.29) is 35.8 Å². The molecule has 3 rings (SSSR count). The molecule has 5 nitrogen and oxygen atoms in total. The van der Waals surface area contributed by atoms with Gasteiger partial charge in [0.1, 0.15) is 11.9 Å². The highest BCUT2D eigenvalue weighted by Crippen LogP contribution is 2.48. The molecule has 1 N–H and O–H groups in total. The minimum Gasteiger partial charge on any atom is -0.508 e. The maximum Gasteiger partial charge on any atom is 0.410 e. The molecule has 1 amide bonds. The first-order valence-electron chi connectivity index (χ1n) is 8.31. The van der Waals surface area contributed by atoms with E-state index >= 15 is 0 Å². The Labute approximate surface area is 146 Å². The van der Waals surface area contributed by atoms with Crippen LogP contribution in [-0.2, 0) is 4.74 Å². The number of phenols is 1. The third-order valence-corrected chi connectivity index (χ3v) is 5.52. The van der Waals surface area contributed by atoms with Crippen molar-refractivity contribution < 1.29 is 14.6 Å². The number of halogens is 1. The summed E-state index contributed by atoms with van der Waals surface area (Å²) in [5, 5.41) is 19.7. The van der Waals surface area contributed by atoms with Crippen LogP contribution in [0.5, 0.6) is 5.75 Å². The maximum absolute atomic E-state index is 12.4. The van der Waals surface area contributed by atoms with Gasteiger partial charge in [-0.25, -0.2) is 4.79 Å². The molecule has 0 aromatic heterocycles. The molecular weight excluding hydrogens is 328 g/mol. The standard InChI is InChI=1S/C18H21ClN2O3/c1-21-16(14-10-12(19)7-8-15(14)22)13-6-2-4-11(5-3-9-20)17(13)24-18(21)23/h7-8,10-11,13,16-17,22H,2-6H2,1H3. The SMILES string of the molecule is CN1C(=O)OC2C(CCC#N)CCCC2C1c1cc(Cl)ccc1O. The second kappa shape index (κ2) is 6.90. The van der Waals surface area contributed by atoms with Crippen molar-refractivity contribution in [2.45, 2.75) is 44.2 Å². The summed E-state index contributed by atoms with van der Waals surface area (Å²) >= 11 is 6.11. The second-order valence-electron chi connectivity index (χ2n) is 6.66. The van der Waals surface area contributed by atoms with Crippen molar-refractivity contribution in [2.24, 2.45) is 11.8 Å².